The van der Waals surface area contributed by atoms with Crippen LogP contribution in [0.4, 0.5) is 0 Å². The monoisotopic (exact) mass is 278 g/mol. The first-order valence-electron chi connectivity index (χ1n) is 4.03. The minimum absolute atomic E-state index is 0.138. The van der Waals surface area contributed by atoms with Gasteiger partial charge in [0, 0.05) is 20.6 Å². The highest BCUT2D eigenvalue weighted by atomic mass is 79.9. The summed E-state index contributed by atoms with van der Waals surface area (Å²) >= 11 is 4.83. The number of thiophene rings is 1. The number of carbonyl (C=O) groups is 1. The van der Waals surface area contributed by atoms with Crippen LogP contribution in [0, 0.1) is 6.92 Å². The van der Waals surface area contributed by atoms with Crippen LogP contribution in [0.3, 0.4) is 0 Å². The average Bonchev–Trinajstić information content (AvgIpc) is 2.29. The summed E-state index contributed by atoms with van der Waals surface area (Å²) < 4.78 is 0.957. The van der Waals surface area contributed by atoms with E-state index in [9.17, 15) is 9.90 Å². The summed E-state index contributed by atoms with van der Waals surface area (Å²) in [6, 6.07) is 1.84. The van der Waals surface area contributed by atoms with Crippen LogP contribution >= 0.6 is 27.3 Å². The lowest BCUT2D eigenvalue weighted by Gasteiger charge is -2.16. The third kappa shape index (κ3) is 2.56. The molecule has 0 aliphatic rings. The molecular weight excluding hydrogens is 268 g/mol. The Morgan fingerprint density at radius 1 is 1.71 bits per heavy atom. The molecule has 1 atom stereocenters. The summed E-state index contributed by atoms with van der Waals surface area (Å²) in [5.74, 6) is -1.19. The van der Waals surface area contributed by atoms with Crippen molar-refractivity contribution in [3.8, 4) is 0 Å². The van der Waals surface area contributed by atoms with E-state index < -0.39 is 11.6 Å². The Hall–Kier alpha value is -0.390. The topological polar surface area (TPSA) is 57.5 Å². The van der Waals surface area contributed by atoms with E-state index in [1.807, 2.05) is 13.0 Å². The Morgan fingerprint density at radius 3 is 2.64 bits per heavy atom. The molecule has 0 fully saturated rings. The molecule has 0 saturated heterocycles. The molecule has 0 bridgehead atoms. The van der Waals surface area contributed by atoms with Gasteiger partial charge < -0.3 is 10.2 Å². The molecular formula is C9H11BrO3S. The number of halogens is 1. The third-order valence-corrected chi connectivity index (χ3v) is 4.02. The summed E-state index contributed by atoms with van der Waals surface area (Å²) in [6.07, 6.45) is 0.138. The van der Waals surface area contributed by atoms with E-state index in [0.29, 0.717) is 0 Å². The Bertz CT molecular complexity index is 337. The van der Waals surface area contributed by atoms with E-state index in [1.54, 1.807) is 0 Å². The molecule has 1 aromatic rings. The second-order valence-corrected chi connectivity index (χ2v) is 5.57. The van der Waals surface area contributed by atoms with Crippen LogP contribution in [-0.2, 0) is 11.2 Å². The molecule has 0 spiro atoms. The summed E-state index contributed by atoms with van der Waals surface area (Å²) in [4.78, 5) is 12.6. The maximum Gasteiger partial charge on any atom is 0.335 e. The Kier molecular flexibility index (Phi) is 3.34. The summed E-state index contributed by atoms with van der Waals surface area (Å²) in [7, 11) is 0. The van der Waals surface area contributed by atoms with Crippen molar-refractivity contribution in [1.82, 2.24) is 0 Å². The van der Waals surface area contributed by atoms with Crippen LogP contribution in [0.2, 0.25) is 0 Å². The van der Waals surface area contributed by atoms with Crippen molar-refractivity contribution < 1.29 is 15.0 Å². The number of aliphatic carboxylic acids is 1. The second kappa shape index (κ2) is 4.00. The quantitative estimate of drug-likeness (QED) is 0.891. The van der Waals surface area contributed by atoms with Gasteiger partial charge >= 0.3 is 5.97 Å². The number of aliphatic hydroxyl groups is 1. The van der Waals surface area contributed by atoms with Crippen LogP contribution in [0.15, 0.2) is 10.5 Å². The standard InChI is InChI=1S/C9H11BrO3S/c1-5-7(10)3-6(14-5)4-9(2,13)8(11)12/h3,13H,4H2,1-2H3,(H,11,12). The molecule has 0 radical (unpaired) electrons. The van der Waals surface area contributed by atoms with E-state index in [-0.39, 0.29) is 6.42 Å². The van der Waals surface area contributed by atoms with Gasteiger partial charge in [-0.05, 0) is 35.8 Å². The number of carboxylic acid groups (broad SMARTS) is 1. The Morgan fingerprint density at radius 2 is 2.29 bits per heavy atom. The number of carboxylic acids is 1. The molecule has 0 saturated carbocycles. The maximum absolute atomic E-state index is 10.7. The fourth-order valence-corrected chi connectivity index (χ4v) is 2.77. The molecule has 1 rings (SSSR count). The maximum atomic E-state index is 10.7. The number of hydrogen-bond acceptors (Lipinski definition) is 3. The lowest BCUT2D eigenvalue weighted by atomic mass is 10.0. The predicted molar refractivity (Wildman–Crippen MR) is 58.7 cm³/mol. The van der Waals surface area contributed by atoms with Gasteiger partial charge in [-0.3, -0.25) is 0 Å². The van der Waals surface area contributed by atoms with E-state index in [1.165, 1.54) is 18.3 Å². The zero-order valence-corrected chi connectivity index (χ0v) is 10.3. The van der Waals surface area contributed by atoms with Crippen molar-refractivity contribution >= 4 is 33.2 Å². The average molecular weight is 279 g/mol. The largest absolute Gasteiger partial charge is 0.479 e. The zero-order valence-electron chi connectivity index (χ0n) is 7.87. The lowest BCUT2D eigenvalue weighted by molar-refractivity contribution is -0.156. The predicted octanol–water partition coefficient (Wildman–Crippen LogP) is 2.20. The van der Waals surface area contributed by atoms with E-state index >= 15 is 0 Å². The van der Waals surface area contributed by atoms with E-state index in [0.717, 1.165) is 14.2 Å². The van der Waals surface area contributed by atoms with Gasteiger partial charge in [0.15, 0.2) is 5.60 Å². The molecule has 0 aliphatic carbocycles. The summed E-state index contributed by atoms with van der Waals surface area (Å²) in [5.41, 5.74) is -1.68. The van der Waals surface area contributed by atoms with Crippen molar-refractivity contribution in [2.45, 2.75) is 25.9 Å². The summed E-state index contributed by atoms with van der Waals surface area (Å²) in [6.45, 7) is 3.24. The molecule has 78 valence electrons. The SMILES string of the molecule is Cc1sc(CC(C)(O)C(=O)O)cc1Br. The van der Waals surface area contributed by atoms with Crippen LogP contribution in [0.1, 0.15) is 16.7 Å². The third-order valence-electron chi connectivity index (χ3n) is 1.89. The minimum Gasteiger partial charge on any atom is -0.479 e. The van der Waals surface area contributed by atoms with Crippen molar-refractivity contribution in [3.63, 3.8) is 0 Å². The van der Waals surface area contributed by atoms with Gasteiger partial charge in [0.05, 0.1) is 0 Å². The molecule has 0 amide bonds. The highest BCUT2D eigenvalue weighted by Crippen LogP contribution is 2.28. The van der Waals surface area contributed by atoms with Crippen LogP contribution in [0.5, 0.6) is 0 Å². The first-order chi connectivity index (χ1) is 6.33. The van der Waals surface area contributed by atoms with Crippen molar-refractivity contribution in [2.24, 2.45) is 0 Å². The fourth-order valence-electron chi connectivity index (χ4n) is 1.02. The van der Waals surface area contributed by atoms with Gasteiger partial charge in [-0.1, -0.05) is 0 Å². The fraction of sp³-hybridized carbons (Fsp3) is 0.444. The van der Waals surface area contributed by atoms with E-state index in [2.05, 4.69) is 15.9 Å². The number of hydrogen-bond donors (Lipinski definition) is 2. The summed E-state index contributed by atoms with van der Waals surface area (Å²) in [5, 5.41) is 18.3. The van der Waals surface area contributed by atoms with Crippen molar-refractivity contribution in [1.29, 1.82) is 0 Å². The molecule has 1 heterocycles. The van der Waals surface area contributed by atoms with Gasteiger partial charge in [-0.2, -0.15) is 0 Å². The first-order valence-corrected chi connectivity index (χ1v) is 5.64. The molecule has 1 unspecified atom stereocenters. The first kappa shape index (κ1) is 11.7. The Labute approximate surface area is 94.5 Å². The van der Waals surface area contributed by atoms with Crippen LogP contribution < -0.4 is 0 Å². The molecule has 0 aliphatic heterocycles. The second-order valence-electron chi connectivity index (χ2n) is 3.37. The number of aryl methyl sites for hydroxylation is 1. The molecule has 2 N–H and O–H groups in total. The van der Waals surface area contributed by atoms with Crippen molar-refractivity contribution in [2.75, 3.05) is 0 Å². The highest BCUT2D eigenvalue weighted by molar-refractivity contribution is 9.10. The van der Waals surface area contributed by atoms with Crippen LogP contribution in [-0.4, -0.2) is 21.8 Å². The molecule has 1 aromatic heterocycles. The van der Waals surface area contributed by atoms with Crippen molar-refractivity contribution in [3.05, 3.63) is 20.3 Å². The van der Waals surface area contributed by atoms with Gasteiger partial charge in [-0.15, -0.1) is 11.3 Å². The molecule has 0 aromatic carbocycles. The van der Waals surface area contributed by atoms with Gasteiger partial charge in [0.25, 0.3) is 0 Å². The normalized spacial score (nSPS) is 15.1. The van der Waals surface area contributed by atoms with Gasteiger partial charge in [0.2, 0.25) is 0 Å². The molecule has 14 heavy (non-hydrogen) atoms. The number of rotatable bonds is 3. The van der Waals surface area contributed by atoms with Crippen LogP contribution in [0.25, 0.3) is 0 Å². The van der Waals surface area contributed by atoms with Gasteiger partial charge in [0.1, 0.15) is 0 Å². The smallest absolute Gasteiger partial charge is 0.335 e. The molecule has 3 nitrogen and oxygen atoms in total. The minimum atomic E-state index is -1.68. The van der Waals surface area contributed by atoms with E-state index in [4.69, 9.17) is 5.11 Å². The van der Waals surface area contributed by atoms with Gasteiger partial charge in [-0.25, -0.2) is 4.79 Å². The Balaban J connectivity index is 2.84. The lowest BCUT2D eigenvalue weighted by Crippen LogP contribution is -2.36. The molecule has 5 heteroatoms. The zero-order chi connectivity index (χ0) is 10.9. The highest BCUT2D eigenvalue weighted by Gasteiger charge is 2.30.